The van der Waals surface area contributed by atoms with E-state index in [9.17, 15) is 14.4 Å². The van der Waals surface area contributed by atoms with Crippen LogP contribution >= 0.6 is 11.6 Å². The predicted octanol–water partition coefficient (Wildman–Crippen LogP) is 2.31. The molecule has 0 aliphatic carbocycles. The number of likely N-dealkylation sites (tertiary alicyclic amines) is 2. The van der Waals surface area contributed by atoms with Crippen molar-refractivity contribution in [2.24, 2.45) is 5.92 Å². The van der Waals surface area contributed by atoms with Gasteiger partial charge in [-0.05, 0) is 56.5 Å². The SMILES string of the molecule is O=C([C@H]1CCCN([C@@H]2CC(=O)N(c3ccc(Cl)cc3)C2=O)C1)N1CCCC1. The number of carbonyl (C=O) groups excluding carboxylic acids is 3. The van der Waals surface area contributed by atoms with Crippen LogP contribution in [0.15, 0.2) is 24.3 Å². The lowest BCUT2D eigenvalue weighted by molar-refractivity contribution is -0.137. The molecular weight excluding hydrogens is 366 g/mol. The van der Waals surface area contributed by atoms with Crippen molar-refractivity contribution < 1.29 is 14.4 Å². The first-order valence-electron chi connectivity index (χ1n) is 9.70. The normalized spacial score (nSPS) is 26.9. The van der Waals surface area contributed by atoms with Crippen LogP contribution in [0, 0.1) is 5.92 Å². The standard InChI is InChI=1S/C20H24ClN3O3/c21-15-5-7-16(8-6-15)24-18(25)12-17(20(24)27)23-11-3-4-14(13-23)19(26)22-9-1-2-10-22/h5-8,14,17H,1-4,9-13H2/t14-,17+/m0/s1. The molecule has 0 spiro atoms. The van der Waals surface area contributed by atoms with Crippen LogP contribution in [0.3, 0.4) is 0 Å². The number of benzene rings is 1. The Morgan fingerprint density at radius 3 is 2.41 bits per heavy atom. The van der Waals surface area contributed by atoms with E-state index in [0.29, 0.717) is 17.3 Å². The van der Waals surface area contributed by atoms with Crippen LogP contribution in [0.4, 0.5) is 5.69 Å². The molecule has 0 bridgehead atoms. The summed E-state index contributed by atoms with van der Waals surface area (Å²) < 4.78 is 0. The van der Waals surface area contributed by atoms with Gasteiger partial charge in [0.25, 0.3) is 5.91 Å². The van der Waals surface area contributed by atoms with Crippen LogP contribution in [0.25, 0.3) is 0 Å². The number of hydrogen-bond donors (Lipinski definition) is 0. The minimum Gasteiger partial charge on any atom is -0.342 e. The molecule has 7 heteroatoms. The van der Waals surface area contributed by atoms with Gasteiger partial charge in [0.2, 0.25) is 11.8 Å². The maximum atomic E-state index is 13.0. The average molecular weight is 390 g/mol. The van der Waals surface area contributed by atoms with Gasteiger partial charge in [0.1, 0.15) is 0 Å². The van der Waals surface area contributed by atoms with Crippen molar-refractivity contribution in [2.45, 2.75) is 38.1 Å². The predicted molar refractivity (Wildman–Crippen MR) is 102 cm³/mol. The summed E-state index contributed by atoms with van der Waals surface area (Å²) >= 11 is 5.91. The number of piperidine rings is 1. The van der Waals surface area contributed by atoms with E-state index in [4.69, 9.17) is 11.6 Å². The van der Waals surface area contributed by atoms with Gasteiger partial charge in [0.05, 0.1) is 24.1 Å². The lowest BCUT2D eigenvalue weighted by Crippen LogP contribution is -2.50. The van der Waals surface area contributed by atoms with Crippen LogP contribution in [-0.4, -0.2) is 59.7 Å². The minimum absolute atomic E-state index is 0.0654. The fourth-order valence-electron chi connectivity index (χ4n) is 4.45. The summed E-state index contributed by atoms with van der Waals surface area (Å²) in [7, 11) is 0. The number of carbonyl (C=O) groups is 3. The van der Waals surface area contributed by atoms with E-state index < -0.39 is 6.04 Å². The monoisotopic (exact) mass is 389 g/mol. The topological polar surface area (TPSA) is 60.9 Å². The molecule has 3 aliphatic rings. The number of amides is 3. The lowest BCUT2D eigenvalue weighted by Gasteiger charge is -2.36. The largest absolute Gasteiger partial charge is 0.342 e. The van der Waals surface area contributed by atoms with Gasteiger partial charge in [-0.1, -0.05) is 11.6 Å². The summed E-state index contributed by atoms with van der Waals surface area (Å²) in [5, 5.41) is 0.564. The van der Waals surface area contributed by atoms with Crippen molar-refractivity contribution in [2.75, 3.05) is 31.1 Å². The first kappa shape index (κ1) is 18.4. The molecule has 27 heavy (non-hydrogen) atoms. The first-order valence-corrected chi connectivity index (χ1v) is 10.1. The Morgan fingerprint density at radius 2 is 1.70 bits per heavy atom. The van der Waals surface area contributed by atoms with Gasteiger partial charge in [0, 0.05) is 24.7 Å². The van der Waals surface area contributed by atoms with Gasteiger partial charge in [-0.15, -0.1) is 0 Å². The molecule has 3 fully saturated rings. The van der Waals surface area contributed by atoms with E-state index in [0.717, 1.165) is 45.3 Å². The first-order chi connectivity index (χ1) is 13.0. The zero-order valence-corrected chi connectivity index (χ0v) is 16.0. The fourth-order valence-corrected chi connectivity index (χ4v) is 4.58. The van der Waals surface area contributed by atoms with Crippen molar-refractivity contribution in [1.29, 1.82) is 0 Å². The fraction of sp³-hybridized carbons (Fsp3) is 0.550. The molecule has 6 nitrogen and oxygen atoms in total. The van der Waals surface area contributed by atoms with E-state index in [2.05, 4.69) is 0 Å². The molecule has 3 aliphatic heterocycles. The molecule has 3 amide bonds. The molecule has 1 aromatic rings. The van der Waals surface area contributed by atoms with Gasteiger partial charge >= 0.3 is 0 Å². The van der Waals surface area contributed by atoms with Crippen molar-refractivity contribution >= 4 is 35.0 Å². The number of halogens is 1. The Labute approximate surface area is 164 Å². The molecule has 1 aromatic carbocycles. The van der Waals surface area contributed by atoms with E-state index in [1.807, 2.05) is 9.80 Å². The Kier molecular flexibility index (Phi) is 5.19. The van der Waals surface area contributed by atoms with Crippen molar-refractivity contribution in [1.82, 2.24) is 9.80 Å². The number of hydrogen-bond acceptors (Lipinski definition) is 4. The van der Waals surface area contributed by atoms with Crippen molar-refractivity contribution in [3.63, 3.8) is 0 Å². The van der Waals surface area contributed by atoms with Crippen LogP contribution in [0.1, 0.15) is 32.1 Å². The third kappa shape index (κ3) is 3.60. The van der Waals surface area contributed by atoms with Gasteiger partial charge in [0.15, 0.2) is 0 Å². The molecule has 144 valence electrons. The van der Waals surface area contributed by atoms with Gasteiger partial charge in [-0.25, -0.2) is 4.90 Å². The van der Waals surface area contributed by atoms with E-state index in [-0.39, 0.29) is 30.1 Å². The molecule has 0 radical (unpaired) electrons. The van der Waals surface area contributed by atoms with Gasteiger partial charge in [-0.3, -0.25) is 19.3 Å². The summed E-state index contributed by atoms with van der Waals surface area (Å²) in [6, 6.07) is 6.27. The maximum Gasteiger partial charge on any atom is 0.251 e. The lowest BCUT2D eigenvalue weighted by atomic mass is 9.95. The van der Waals surface area contributed by atoms with E-state index >= 15 is 0 Å². The van der Waals surface area contributed by atoms with Crippen molar-refractivity contribution in [3.8, 4) is 0 Å². The third-order valence-electron chi connectivity index (χ3n) is 5.87. The molecule has 0 aromatic heterocycles. The second-order valence-corrected chi connectivity index (χ2v) is 8.07. The van der Waals surface area contributed by atoms with Crippen LogP contribution in [0.5, 0.6) is 0 Å². The average Bonchev–Trinajstić information content (AvgIpc) is 3.31. The van der Waals surface area contributed by atoms with E-state index in [1.54, 1.807) is 24.3 Å². The zero-order chi connectivity index (χ0) is 19.0. The number of anilines is 1. The van der Waals surface area contributed by atoms with Gasteiger partial charge < -0.3 is 4.90 Å². The highest BCUT2D eigenvalue weighted by Crippen LogP contribution is 2.30. The molecule has 0 unspecified atom stereocenters. The number of nitrogens with zero attached hydrogens (tertiary/aromatic N) is 3. The Bertz CT molecular complexity index is 745. The van der Waals surface area contributed by atoms with Gasteiger partial charge in [-0.2, -0.15) is 0 Å². The second-order valence-electron chi connectivity index (χ2n) is 7.63. The van der Waals surface area contributed by atoms with Crippen LogP contribution < -0.4 is 4.90 Å². The molecule has 2 atom stereocenters. The summed E-state index contributed by atoms with van der Waals surface area (Å²) in [6.07, 6.45) is 4.07. The smallest absolute Gasteiger partial charge is 0.251 e. The summed E-state index contributed by atoms with van der Waals surface area (Å²) in [6.45, 7) is 3.01. The highest BCUT2D eigenvalue weighted by Gasteiger charge is 2.44. The number of imide groups is 1. The Balaban J connectivity index is 1.46. The van der Waals surface area contributed by atoms with Crippen molar-refractivity contribution in [3.05, 3.63) is 29.3 Å². The minimum atomic E-state index is -0.470. The zero-order valence-electron chi connectivity index (χ0n) is 15.3. The maximum absolute atomic E-state index is 13.0. The van der Waals surface area contributed by atoms with E-state index in [1.165, 1.54) is 4.90 Å². The summed E-state index contributed by atoms with van der Waals surface area (Å²) in [5.74, 6) is -0.246. The quantitative estimate of drug-likeness (QED) is 0.744. The third-order valence-corrected chi connectivity index (χ3v) is 6.12. The Hall–Kier alpha value is -1.92. The summed E-state index contributed by atoms with van der Waals surface area (Å²) in [5.41, 5.74) is 0.554. The Morgan fingerprint density at radius 1 is 1.00 bits per heavy atom. The number of rotatable bonds is 3. The molecule has 4 rings (SSSR count). The molecule has 3 saturated heterocycles. The molecule has 0 N–H and O–H groups in total. The highest BCUT2D eigenvalue weighted by molar-refractivity contribution is 6.30. The molecular formula is C20H24ClN3O3. The molecule has 3 heterocycles. The second kappa shape index (κ2) is 7.60. The van der Waals surface area contributed by atoms with Crippen LogP contribution in [0.2, 0.25) is 5.02 Å². The summed E-state index contributed by atoms with van der Waals surface area (Å²) in [4.78, 5) is 43.5. The molecule has 0 saturated carbocycles. The highest BCUT2D eigenvalue weighted by atomic mass is 35.5. The van der Waals surface area contributed by atoms with Crippen LogP contribution in [-0.2, 0) is 14.4 Å².